The number of aliphatic hydroxyl groups excluding tert-OH is 1. The molecule has 0 aliphatic carbocycles. The molecule has 1 N–H and O–H groups in total. The number of ether oxygens (including phenoxy) is 1. The first-order chi connectivity index (χ1) is 11.7. The number of aromatic nitrogens is 2. The van der Waals surface area contributed by atoms with Crippen molar-refractivity contribution in [3.63, 3.8) is 0 Å². The van der Waals surface area contributed by atoms with Crippen LogP contribution in [0.15, 0.2) is 30.3 Å². The van der Waals surface area contributed by atoms with E-state index in [4.69, 9.17) is 9.84 Å². The monoisotopic (exact) mass is 327 g/mol. The zero-order valence-electron chi connectivity index (χ0n) is 14.4. The van der Waals surface area contributed by atoms with Crippen LogP contribution in [0.4, 0.5) is 0 Å². The molecule has 0 amide bonds. The fourth-order valence-corrected chi connectivity index (χ4v) is 4.48. The zero-order chi connectivity index (χ0) is 16.7. The number of hydrogen-bond donors (Lipinski definition) is 1. The number of rotatable bonds is 4. The number of fused-ring (bicyclic) bond motifs is 3. The van der Waals surface area contributed by atoms with Crippen molar-refractivity contribution in [1.82, 2.24) is 14.7 Å². The summed E-state index contributed by atoms with van der Waals surface area (Å²) in [4.78, 5) is 2.44. The normalized spacial score (nSPS) is 29.0. The van der Waals surface area contributed by atoms with Crippen LogP contribution in [0.3, 0.4) is 0 Å². The zero-order valence-corrected chi connectivity index (χ0v) is 14.4. The Labute approximate surface area is 142 Å². The topological polar surface area (TPSA) is 50.5 Å². The summed E-state index contributed by atoms with van der Waals surface area (Å²) in [5.74, 6) is 2.01. The highest BCUT2D eigenvalue weighted by atomic mass is 16.5. The van der Waals surface area contributed by atoms with Crippen LogP contribution in [0.1, 0.15) is 24.5 Å². The van der Waals surface area contributed by atoms with Crippen molar-refractivity contribution < 1.29 is 9.84 Å². The summed E-state index contributed by atoms with van der Waals surface area (Å²) in [6, 6.07) is 10.6. The van der Waals surface area contributed by atoms with Crippen molar-refractivity contribution in [2.45, 2.75) is 24.8 Å². The largest absolute Gasteiger partial charge is 0.496 e. The highest BCUT2D eigenvalue weighted by Gasteiger charge is 2.41. The number of para-hydroxylation sites is 1. The Morgan fingerprint density at radius 3 is 2.88 bits per heavy atom. The molecular weight excluding hydrogens is 302 g/mol. The smallest absolute Gasteiger partial charge is 0.128 e. The Morgan fingerprint density at radius 1 is 1.33 bits per heavy atom. The van der Waals surface area contributed by atoms with E-state index in [1.807, 2.05) is 29.9 Å². The Kier molecular flexibility index (Phi) is 4.06. The van der Waals surface area contributed by atoms with E-state index in [0.717, 1.165) is 36.5 Å². The molecule has 5 heteroatoms. The number of aliphatic hydroxyl groups is 1. The summed E-state index contributed by atoms with van der Waals surface area (Å²) in [7, 11) is 3.74. The van der Waals surface area contributed by atoms with Crippen LogP contribution >= 0.6 is 0 Å². The molecule has 4 heterocycles. The fraction of sp³-hybridized carbons (Fsp3) is 0.526. The fourth-order valence-electron chi connectivity index (χ4n) is 4.48. The van der Waals surface area contributed by atoms with Crippen molar-refractivity contribution >= 4 is 0 Å². The Morgan fingerprint density at radius 2 is 2.17 bits per heavy atom. The van der Waals surface area contributed by atoms with Gasteiger partial charge in [0.1, 0.15) is 5.75 Å². The van der Waals surface area contributed by atoms with Gasteiger partial charge in [-0.25, -0.2) is 0 Å². The quantitative estimate of drug-likeness (QED) is 0.936. The van der Waals surface area contributed by atoms with Crippen LogP contribution in [0.2, 0.25) is 0 Å². The van der Waals surface area contributed by atoms with Gasteiger partial charge in [0.05, 0.1) is 19.4 Å². The summed E-state index contributed by atoms with van der Waals surface area (Å²) in [5.41, 5.74) is 3.30. The van der Waals surface area contributed by atoms with Gasteiger partial charge in [0.15, 0.2) is 0 Å². The second-order valence-corrected chi connectivity index (χ2v) is 7.00. The van der Waals surface area contributed by atoms with Crippen LogP contribution in [0.5, 0.6) is 5.75 Å². The summed E-state index contributed by atoms with van der Waals surface area (Å²) < 4.78 is 7.52. The van der Waals surface area contributed by atoms with Gasteiger partial charge in [0.25, 0.3) is 0 Å². The van der Waals surface area contributed by atoms with E-state index >= 15 is 0 Å². The lowest BCUT2D eigenvalue weighted by atomic mass is 9.74. The molecule has 2 aromatic rings. The predicted octanol–water partition coefficient (Wildman–Crippen LogP) is 2.27. The molecule has 128 valence electrons. The molecule has 1 aromatic heterocycles. The molecule has 3 aliphatic heterocycles. The Hall–Kier alpha value is -1.85. The van der Waals surface area contributed by atoms with Gasteiger partial charge in [0, 0.05) is 36.8 Å². The minimum Gasteiger partial charge on any atom is -0.496 e. The molecule has 24 heavy (non-hydrogen) atoms. The van der Waals surface area contributed by atoms with Gasteiger partial charge in [0.2, 0.25) is 0 Å². The highest BCUT2D eigenvalue weighted by Crippen LogP contribution is 2.42. The third kappa shape index (κ3) is 2.52. The second kappa shape index (κ2) is 6.22. The molecule has 0 saturated carbocycles. The minimum atomic E-state index is 0.279. The average molecular weight is 327 g/mol. The average Bonchev–Trinajstić information content (AvgIpc) is 3.03. The maximum Gasteiger partial charge on any atom is 0.128 e. The first kappa shape index (κ1) is 15.7. The van der Waals surface area contributed by atoms with Gasteiger partial charge >= 0.3 is 0 Å². The van der Waals surface area contributed by atoms with E-state index in [2.05, 4.69) is 17.0 Å². The number of nitrogens with zero attached hydrogens (tertiary/aromatic N) is 3. The summed E-state index contributed by atoms with van der Waals surface area (Å²) >= 11 is 0. The van der Waals surface area contributed by atoms with Gasteiger partial charge < -0.3 is 9.84 Å². The summed E-state index contributed by atoms with van der Waals surface area (Å²) in [5, 5.41) is 14.3. The molecule has 5 nitrogen and oxygen atoms in total. The van der Waals surface area contributed by atoms with Crippen molar-refractivity contribution in [2.75, 3.05) is 26.8 Å². The van der Waals surface area contributed by atoms with Crippen molar-refractivity contribution in [2.24, 2.45) is 13.0 Å². The predicted molar refractivity (Wildman–Crippen MR) is 93.1 cm³/mol. The van der Waals surface area contributed by atoms with Crippen LogP contribution in [-0.2, 0) is 7.05 Å². The number of hydrogen-bond acceptors (Lipinski definition) is 4. The van der Waals surface area contributed by atoms with E-state index in [1.54, 1.807) is 7.11 Å². The minimum absolute atomic E-state index is 0.279. The van der Waals surface area contributed by atoms with Gasteiger partial charge in [-0.05, 0) is 43.5 Å². The SMILES string of the molecule is COc1ccccc1-c1cc([C@H]2CN3CC[C@H]2C[C@@H]3CO)n(C)n1. The lowest BCUT2D eigenvalue weighted by Crippen LogP contribution is -2.53. The lowest BCUT2D eigenvalue weighted by Gasteiger charge is -2.49. The maximum atomic E-state index is 9.56. The van der Waals surface area contributed by atoms with Gasteiger partial charge in [-0.3, -0.25) is 9.58 Å². The van der Waals surface area contributed by atoms with E-state index in [9.17, 15) is 5.11 Å². The third-order valence-electron chi connectivity index (χ3n) is 5.77. The molecule has 0 radical (unpaired) electrons. The first-order valence-electron chi connectivity index (χ1n) is 8.73. The molecule has 1 aromatic carbocycles. The highest BCUT2D eigenvalue weighted by molar-refractivity contribution is 5.67. The van der Waals surface area contributed by atoms with Crippen LogP contribution in [-0.4, -0.2) is 52.6 Å². The first-order valence-corrected chi connectivity index (χ1v) is 8.73. The standard InChI is InChI=1S/C19H25N3O2/c1-21-18(16-11-22-8-7-13(16)9-14(22)12-23)10-17(20-21)15-5-3-4-6-19(15)24-2/h3-6,10,13-14,16,23H,7-9,11-12H2,1-2H3/t13-,14+,16-/m0/s1. The Bertz CT molecular complexity index is 727. The van der Waals surface area contributed by atoms with Crippen LogP contribution in [0, 0.1) is 5.92 Å². The molecule has 4 atom stereocenters. The molecule has 3 aliphatic rings. The molecule has 1 unspecified atom stereocenters. The third-order valence-corrected chi connectivity index (χ3v) is 5.77. The molecule has 3 fully saturated rings. The summed E-state index contributed by atoms with van der Waals surface area (Å²) in [6.45, 7) is 2.42. The molecule has 0 spiro atoms. The van der Waals surface area contributed by atoms with E-state index < -0.39 is 0 Å². The second-order valence-electron chi connectivity index (χ2n) is 7.00. The van der Waals surface area contributed by atoms with E-state index in [-0.39, 0.29) is 6.61 Å². The maximum absolute atomic E-state index is 9.56. The number of aryl methyl sites for hydroxylation is 1. The van der Waals surface area contributed by atoms with Crippen molar-refractivity contribution in [3.8, 4) is 17.0 Å². The van der Waals surface area contributed by atoms with Crippen LogP contribution < -0.4 is 4.74 Å². The van der Waals surface area contributed by atoms with Crippen molar-refractivity contribution in [1.29, 1.82) is 0 Å². The number of methoxy groups -OCH3 is 1. The number of benzene rings is 1. The molecular formula is C19H25N3O2. The lowest BCUT2D eigenvalue weighted by molar-refractivity contribution is 0.00105. The van der Waals surface area contributed by atoms with Crippen molar-refractivity contribution in [3.05, 3.63) is 36.0 Å². The van der Waals surface area contributed by atoms with E-state index in [1.165, 1.54) is 12.1 Å². The Balaban J connectivity index is 1.65. The summed E-state index contributed by atoms with van der Waals surface area (Å²) in [6.07, 6.45) is 2.31. The number of piperidine rings is 3. The van der Waals surface area contributed by atoms with Gasteiger partial charge in [-0.2, -0.15) is 5.10 Å². The molecule has 5 rings (SSSR count). The molecule has 3 saturated heterocycles. The van der Waals surface area contributed by atoms with Gasteiger partial charge in [-0.1, -0.05) is 12.1 Å². The molecule has 2 bridgehead atoms. The van der Waals surface area contributed by atoms with Gasteiger partial charge in [-0.15, -0.1) is 0 Å². The van der Waals surface area contributed by atoms with E-state index in [0.29, 0.717) is 17.9 Å². The van der Waals surface area contributed by atoms with Crippen LogP contribution in [0.25, 0.3) is 11.3 Å².